The summed E-state index contributed by atoms with van der Waals surface area (Å²) in [6.45, 7) is 2.20. The molecule has 5 nitrogen and oxygen atoms in total. The topological polar surface area (TPSA) is 33.5 Å². The summed E-state index contributed by atoms with van der Waals surface area (Å²) < 4.78 is 9.18. The zero-order valence-electron chi connectivity index (χ0n) is 42.9. The van der Waals surface area contributed by atoms with Crippen LogP contribution in [0.5, 0.6) is 11.5 Å². The normalized spacial score (nSPS) is 20.2. The Morgan fingerprint density at radius 3 is 1.86 bits per heavy atom. The van der Waals surface area contributed by atoms with Crippen LogP contribution < -0.4 is 14.5 Å². The van der Waals surface area contributed by atoms with E-state index in [0.717, 1.165) is 84.5 Å². The van der Waals surface area contributed by atoms with E-state index >= 15 is 0 Å². The number of hydrogen-bond acceptors (Lipinski definition) is 4. The van der Waals surface area contributed by atoms with Gasteiger partial charge in [0.15, 0.2) is 0 Å². The molecule has 0 spiro atoms. The van der Waals surface area contributed by atoms with Crippen LogP contribution in [0, 0.1) is 42.5 Å². The van der Waals surface area contributed by atoms with Crippen LogP contribution in [-0.4, -0.2) is 9.55 Å². The fourth-order valence-electron chi connectivity index (χ4n) is 15.1. The quantitative estimate of drug-likeness (QED) is 0.107. The van der Waals surface area contributed by atoms with Gasteiger partial charge in [-0.1, -0.05) is 169 Å². The van der Waals surface area contributed by atoms with E-state index in [4.69, 9.17) is 9.72 Å². The zero-order chi connectivity index (χ0) is 50.6. The van der Waals surface area contributed by atoms with Crippen molar-refractivity contribution in [3.8, 4) is 39.6 Å². The van der Waals surface area contributed by atoms with E-state index in [1.165, 1.54) is 64.8 Å². The number of pyridine rings is 1. The third-order valence-corrected chi connectivity index (χ3v) is 18.0. The molecule has 0 unspecified atom stereocenters. The fraction of sp³-hybridized carbons (Fsp3) is 0.139. The van der Waals surface area contributed by atoms with Gasteiger partial charge in [0.2, 0.25) is 0 Å². The molecule has 4 bridgehead atoms. The number of ether oxygens (including phenoxy) is 1. The molecule has 10 aromatic carbocycles. The van der Waals surface area contributed by atoms with Crippen molar-refractivity contribution in [1.29, 1.82) is 0 Å². The van der Waals surface area contributed by atoms with Gasteiger partial charge in [-0.05, 0) is 135 Å². The second kappa shape index (κ2) is 18.7. The Morgan fingerprint density at radius 1 is 0.487 bits per heavy atom. The van der Waals surface area contributed by atoms with Gasteiger partial charge in [-0.3, -0.25) is 0 Å². The Morgan fingerprint density at radius 2 is 1.10 bits per heavy atom. The molecule has 0 N–H and O–H groups in total. The largest absolute Gasteiger partial charge is 0.509 e. The van der Waals surface area contributed by atoms with Gasteiger partial charge in [0.25, 0.3) is 0 Å². The summed E-state index contributed by atoms with van der Waals surface area (Å²) in [7, 11) is 0. The van der Waals surface area contributed by atoms with Crippen LogP contribution in [0.4, 0.5) is 22.7 Å². The number of rotatable bonds is 9. The smallest absolute Gasteiger partial charge is 0.135 e. The first-order valence-corrected chi connectivity index (χ1v) is 27.4. The van der Waals surface area contributed by atoms with Crippen LogP contribution in [0.2, 0.25) is 0 Å². The number of hydrogen-bond donors (Lipinski definition) is 0. The van der Waals surface area contributed by atoms with Gasteiger partial charge in [-0.2, -0.15) is 12.1 Å². The maximum absolute atomic E-state index is 6.86. The van der Waals surface area contributed by atoms with Crippen molar-refractivity contribution in [1.82, 2.24) is 9.55 Å². The molecular weight excluding hydrogens is 1130 g/mol. The Kier molecular flexibility index (Phi) is 11.3. The summed E-state index contributed by atoms with van der Waals surface area (Å²) in [6.07, 6.45) is 8.63. The molecule has 4 aliphatic carbocycles. The van der Waals surface area contributed by atoms with Crippen molar-refractivity contribution in [2.24, 2.45) is 23.7 Å². The number of para-hydroxylation sites is 4. The van der Waals surface area contributed by atoms with E-state index in [0.29, 0.717) is 23.3 Å². The van der Waals surface area contributed by atoms with Crippen molar-refractivity contribution in [2.75, 3.05) is 9.80 Å². The molecule has 0 atom stereocenters. The van der Waals surface area contributed by atoms with Crippen LogP contribution >= 0.6 is 0 Å². The summed E-state index contributed by atoms with van der Waals surface area (Å²) in [5.74, 6) is 4.89. The Bertz CT molecular complexity index is 4200. The van der Waals surface area contributed by atoms with E-state index in [1.54, 1.807) is 0 Å². The minimum Gasteiger partial charge on any atom is -0.509 e. The molecule has 6 heteroatoms. The first-order valence-electron chi connectivity index (χ1n) is 27.4. The Hall–Kier alpha value is -8.24. The third-order valence-electron chi connectivity index (χ3n) is 18.0. The summed E-state index contributed by atoms with van der Waals surface area (Å²) in [4.78, 5) is 9.82. The maximum atomic E-state index is 6.86. The van der Waals surface area contributed by atoms with Crippen molar-refractivity contribution >= 4 is 66.1 Å². The number of anilines is 4. The summed E-state index contributed by atoms with van der Waals surface area (Å²) >= 11 is 0. The predicted molar refractivity (Wildman–Crippen MR) is 314 cm³/mol. The molecule has 12 aromatic rings. The van der Waals surface area contributed by atoms with E-state index in [2.05, 4.69) is 252 Å². The van der Waals surface area contributed by atoms with E-state index in [9.17, 15) is 0 Å². The zero-order valence-corrected chi connectivity index (χ0v) is 45.1. The minimum absolute atomic E-state index is 0. The number of fused-ring (bicyclic) bond motifs is 7. The molecular formula is C72H53N4OPt-3. The molecule has 78 heavy (non-hydrogen) atoms. The van der Waals surface area contributed by atoms with Crippen molar-refractivity contribution in [2.45, 2.75) is 37.5 Å². The van der Waals surface area contributed by atoms with Gasteiger partial charge in [0.05, 0.1) is 0 Å². The summed E-state index contributed by atoms with van der Waals surface area (Å²) in [6, 6.07) is 88.7. The average Bonchev–Trinajstić information content (AvgIpc) is 4.16. The van der Waals surface area contributed by atoms with Crippen LogP contribution in [0.25, 0.3) is 71.4 Å². The van der Waals surface area contributed by atoms with Crippen LogP contribution in [0.1, 0.15) is 43.2 Å². The second-order valence-electron chi connectivity index (χ2n) is 22.0. The second-order valence-corrected chi connectivity index (χ2v) is 22.0. The molecule has 3 heterocycles. The van der Waals surface area contributed by atoms with Crippen LogP contribution in [-0.2, 0) is 26.5 Å². The standard InChI is InChI=1S/C72H53N4O.Pt/c1-3-16-49(17-4-1)59-25-14-26-60(50-18-5-2-6-19-50)71(59)75-46-74(67-30-11-12-31-68(67)75)55-21-13-22-56(44-55)77-57-33-35-64-63-24-9-10-29-66(63)76(69(64)45-57)70-43-52(36-37-73-70)72(53-39-47-38-48(41-53)42-54(72)40-47)65-28-15-27-61-58-23-8-7-20-51(58)32-34-62(61)65;/h1-37,43,46-48,53-54H,38-42H2;/q-3;. The van der Waals surface area contributed by atoms with Crippen molar-refractivity contribution in [3.05, 3.63) is 261 Å². The summed E-state index contributed by atoms with van der Waals surface area (Å²) in [5.41, 5.74) is 13.5. The molecule has 4 fully saturated rings. The van der Waals surface area contributed by atoms with Gasteiger partial charge in [-0.25, -0.2) is 4.98 Å². The molecule has 17 rings (SSSR count). The molecule has 0 saturated heterocycles. The molecule has 4 saturated carbocycles. The molecule has 0 amide bonds. The number of benzene rings is 10. The van der Waals surface area contributed by atoms with Crippen LogP contribution in [0.15, 0.2) is 231 Å². The molecule has 380 valence electrons. The fourth-order valence-corrected chi connectivity index (χ4v) is 15.1. The molecule has 2 aromatic heterocycles. The maximum Gasteiger partial charge on any atom is 0.135 e. The molecule has 0 radical (unpaired) electrons. The number of nitrogens with zero attached hydrogens (tertiary/aromatic N) is 4. The number of aromatic nitrogens is 2. The Labute approximate surface area is 469 Å². The monoisotopic (exact) mass is 1180 g/mol. The first kappa shape index (κ1) is 47.0. The van der Waals surface area contributed by atoms with Gasteiger partial charge in [0.1, 0.15) is 5.82 Å². The SMILES string of the molecule is [Pt].[c-]1c(Oc2[c-]c3c(cc2)c2ccccc2n3-c2cc(C3(c4cccc5c4ccc4ccccc45)C4CC5CC(C4)CC3C5)ccn2)cccc1N1[CH-]N(c2c(-c3ccccc3)cccc2-c2ccccc2)c2ccccc21. The minimum atomic E-state index is -0.134. The molecule has 5 aliphatic rings. The van der Waals surface area contributed by atoms with E-state index < -0.39 is 0 Å². The van der Waals surface area contributed by atoms with Gasteiger partial charge >= 0.3 is 0 Å². The average molecular weight is 1190 g/mol. The van der Waals surface area contributed by atoms with Gasteiger partial charge < -0.3 is 19.1 Å². The summed E-state index contributed by atoms with van der Waals surface area (Å²) in [5, 5.41) is 7.63. The van der Waals surface area contributed by atoms with Gasteiger partial charge in [0, 0.05) is 77.9 Å². The van der Waals surface area contributed by atoms with Crippen molar-refractivity contribution in [3.63, 3.8) is 0 Å². The predicted octanol–water partition coefficient (Wildman–Crippen LogP) is 18.4. The van der Waals surface area contributed by atoms with Crippen LogP contribution in [0.3, 0.4) is 0 Å². The van der Waals surface area contributed by atoms with E-state index in [-0.39, 0.29) is 26.5 Å². The molecule has 1 aliphatic heterocycles. The van der Waals surface area contributed by atoms with E-state index in [1.807, 2.05) is 12.1 Å². The third kappa shape index (κ3) is 7.35. The Balaban J connectivity index is 0.00000529. The van der Waals surface area contributed by atoms with Gasteiger partial charge in [-0.15, -0.1) is 48.1 Å². The first-order chi connectivity index (χ1) is 38.1. The van der Waals surface area contributed by atoms with Crippen molar-refractivity contribution < 1.29 is 25.8 Å².